The number of hydrogen-bond acceptors (Lipinski definition) is 5. The van der Waals surface area contributed by atoms with Gasteiger partial charge in [0.15, 0.2) is 0 Å². The molecule has 1 saturated carbocycles. The minimum absolute atomic E-state index is 0.0315. The summed E-state index contributed by atoms with van der Waals surface area (Å²) in [4.78, 5) is 52.5. The van der Waals surface area contributed by atoms with Crippen LogP contribution in [0.4, 0.5) is 23.2 Å². The van der Waals surface area contributed by atoms with Crippen molar-refractivity contribution < 1.29 is 36.7 Å². The molecule has 0 aromatic heterocycles. The summed E-state index contributed by atoms with van der Waals surface area (Å²) < 4.78 is 55.0. The van der Waals surface area contributed by atoms with Crippen LogP contribution < -0.4 is 16.0 Å². The summed E-state index contributed by atoms with van der Waals surface area (Å²) in [7, 11) is 0. The molecular formula is C27H31F4N5O4. The number of nitriles is 1. The lowest BCUT2D eigenvalue weighted by Crippen LogP contribution is -2.61. The van der Waals surface area contributed by atoms with Crippen LogP contribution in [0.25, 0.3) is 0 Å². The monoisotopic (exact) mass is 565 g/mol. The third-order valence-corrected chi connectivity index (χ3v) is 8.33. The Morgan fingerprint density at radius 2 is 1.80 bits per heavy atom. The van der Waals surface area contributed by atoms with Gasteiger partial charge in [-0.2, -0.15) is 18.4 Å². The molecule has 1 unspecified atom stereocenters. The zero-order chi connectivity index (χ0) is 30.0. The number of hydrogen-bond donors (Lipinski definition) is 3. The SMILES string of the molecule is CC(C)(C)[C@H](NC(=O)C(F)(F)F)C(=O)N1C[C@H]2[C@H]([C@H]1C(=O)N[C@H](C#N)CC1(F)C(=O)Nc3ccccc31)C2(C)C. The number of nitrogens with one attached hydrogen (secondary N) is 3. The largest absolute Gasteiger partial charge is 0.471 e. The first-order valence-corrected chi connectivity index (χ1v) is 12.8. The van der Waals surface area contributed by atoms with Crippen molar-refractivity contribution in [1.82, 2.24) is 15.5 Å². The van der Waals surface area contributed by atoms with Crippen LogP contribution in [0.2, 0.25) is 0 Å². The lowest BCUT2D eigenvalue weighted by molar-refractivity contribution is -0.176. The fourth-order valence-corrected chi connectivity index (χ4v) is 5.99. The van der Waals surface area contributed by atoms with E-state index in [4.69, 9.17) is 0 Å². The van der Waals surface area contributed by atoms with Crippen LogP contribution in [0.1, 0.15) is 46.6 Å². The molecule has 6 atom stereocenters. The quantitative estimate of drug-likeness (QED) is 0.457. The minimum atomic E-state index is -5.22. The van der Waals surface area contributed by atoms with Gasteiger partial charge < -0.3 is 20.9 Å². The molecule has 4 amide bonds. The number of likely N-dealkylation sites (tertiary alicyclic amines) is 1. The number of alkyl halides is 4. The number of benzene rings is 1. The standard InChI is InChI=1S/C27H31F4N5O4/c1-24(2,3)19(35-23(40)27(29,30)31)21(38)36-12-15-17(25(15,4)5)18(36)20(37)33-13(11-32)10-26(28)14-8-6-7-9-16(14)34-22(26)39/h6-9,13,15,17-19H,10,12H2,1-5H3,(H,33,37)(H,34,39)(H,35,40)/t13-,15-,17+,18-,19+,26?/m0/s1. The van der Waals surface area contributed by atoms with E-state index in [0.717, 1.165) is 4.90 Å². The van der Waals surface area contributed by atoms with Gasteiger partial charge >= 0.3 is 12.1 Å². The maximum Gasteiger partial charge on any atom is 0.471 e. The van der Waals surface area contributed by atoms with E-state index in [1.165, 1.54) is 39.0 Å². The molecule has 2 fully saturated rings. The van der Waals surface area contributed by atoms with Gasteiger partial charge in [-0.15, -0.1) is 0 Å². The number of anilines is 1. The van der Waals surface area contributed by atoms with Gasteiger partial charge in [0.25, 0.3) is 5.91 Å². The Morgan fingerprint density at radius 3 is 2.38 bits per heavy atom. The number of nitrogens with zero attached hydrogens (tertiary/aromatic N) is 2. The summed E-state index contributed by atoms with van der Waals surface area (Å²) in [6.45, 7) is 8.28. The van der Waals surface area contributed by atoms with Crippen LogP contribution in [-0.2, 0) is 24.8 Å². The van der Waals surface area contributed by atoms with Crippen molar-refractivity contribution in [3.8, 4) is 6.07 Å². The predicted molar refractivity (Wildman–Crippen MR) is 134 cm³/mol. The van der Waals surface area contributed by atoms with Gasteiger partial charge in [-0.05, 0) is 28.7 Å². The highest BCUT2D eigenvalue weighted by Gasteiger charge is 2.70. The minimum Gasteiger partial charge on any atom is -0.338 e. The van der Waals surface area contributed by atoms with Crippen molar-refractivity contribution >= 4 is 29.3 Å². The van der Waals surface area contributed by atoms with Gasteiger partial charge in [-0.3, -0.25) is 19.2 Å². The van der Waals surface area contributed by atoms with E-state index in [2.05, 4.69) is 10.6 Å². The molecule has 0 radical (unpaired) electrons. The molecule has 1 aromatic rings. The average Bonchev–Trinajstić information content (AvgIpc) is 3.12. The van der Waals surface area contributed by atoms with Gasteiger partial charge in [0.1, 0.15) is 18.1 Å². The molecule has 0 spiro atoms. The highest BCUT2D eigenvalue weighted by Crippen LogP contribution is 2.65. The van der Waals surface area contributed by atoms with Gasteiger partial charge in [-0.25, -0.2) is 4.39 Å². The molecule has 3 N–H and O–H groups in total. The second-order valence-corrected chi connectivity index (χ2v) is 12.4. The molecule has 1 saturated heterocycles. The molecule has 13 heteroatoms. The van der Waals surface area contributed by atoms with Gasteiger partial charge in [0.05, 0.1) is 6.07 Å². The summed E-state index contributed by atoms with van der Waals surface area (Å²) >= 11 is 0. The smallest absolute Gasteiger partial charge is 0.338 e. The third-order valence-electron chi connectivity index (χ3n) is 8.33. The Bertz CT molecular complexity index is 1300. The molecule has 1 aromatic carbocycles. The topological polar surface area (TPSA) is 131 Å². The molecule has 3 aliphatic rings. The third kappa shape index (κ3) is 4.88. The molecule has 2 aliphatic heterocycles. The zero-order valence-electron chi connectivity index (χ0n) is 22.6. The van der Waals surface area contributed by atoms with E-state index in [9.17, 15) is 37.6 Å². The van der Waals surface area contributed by atoms with E-state index < -0.39 is 65.4 Å². The zero-order valence-corrected chi connectivity index (χ0v) is 22.6. The van der Waals surface area contributed by atoms with Crippen molar-refractivity contribution in [3.05, 3.63) is 29.8 Å². The van der Waals surface area contributed by atoms with Crippen LogP contribution in [0.15, 0.2) is 24.3 Å². The predicted octanol–water partition coefficient (Wildman–Crippen LogP) is 2.78. The number of rotatable bonds is 6. The highest BCUT2D eigenvalue weighted by molar-refractivity contribution is 6.05. The fraction of sp³-hybridized carbons (Fsp3) is 0.593. The Morgan fingerprint density at radius 1 is 1.18 bits per heavy atom. The second-order valence-electron chi connectivity index (χ2n) is 12.4. The average molecular weight is 566 g/mol. The van der Waals surface area contributed by atoms with Crippen molar-refractivity contribution in [2.24, 2.45) is 22.7 Å². The summed E-state index contributed by atoms with van der Waals surface area (Å²) in [6, 6.07) is 3.63. The Kier molecular flexibility index (Phi) is 6.92. The number of amides is 4. The van der Waals surface area contributed by atoms with E-state index in [0.29, 0.717) is 0 Å². The number of para-hydroxylation sites is 1. The Hall–Kier alpha value is -3.69. The molecule has 1 aliphatic carbocycles. The number of halogens is 4. The Labute approximate surface area is 228 Å². The molecule has 4 rings (SSSR count). The number of carbonyl (C=O) groups is 4. The Balaban J connectivity index is 1.57. The lowest BCUT2D eigenvalue weighted by atomic mass is 9.85. The molecule has 0 bridgehead atoms. The van der Waals surface area contributed by atoms with Gasteiger partial charge in [0.2, 0.25) is 17.5 Å². The van der Waals surface area contributed by atoms with Crippen LogP contribution in [0.3, 0.4) is 0 Å². The molecule has 2 heterocycles. The second kappa shape index (κ2) is 9.45. The summed E-state index contributed by atoms with van der Waals surface area (Å²) in [5, 5.41) is 16.4. The first-order valence-electron chi connectivity index (χ1n) is 12.8. The molecule has 40 heavy (non-hydrogen) atoms. The fourth-order valence-electron chi connectivity index (χ4n) is 5.99. The van der Waals surface area contributed by atoms with E-state index >= 15 is 4.39 Å². The van der Waals surface area contributed by atoms with Crippen LogP contribution >= 0.6 is 0 Å². The van der Waals surface area contributed by atoms with E-state index in [1.807, 2.05) is 13.8 Å². The lowest BCUT2D eigenvalue weighted by Gasteiger charge is -2.38. The van der Waals surface area contributed by atoms with Crippen LogP contribution in [0, 0.1) is 34.0 Å². The van der Waals surface area contributed by atoms with Gasteiger partial charge in [-0.1, -0.05) is 52.8 Å². The van der Waals surface area contributed by atoms with Crippen LogP contribution in [0.5, 0.6) is 0 Å². The number of piperidine rings is 1. The number of carbonyl (C=O) groups excluding carboxylic acids is 4. The molecular weight excluding hydrogens is 534 g/mol. The van der Waals surface area contributed by atoms with Crippen molar-refractivity contribution in [3.63, 3.8) is 0 Å². The first kappa shape index (κ1) is 29.3. The van der Waals surface area contributed by atoms with E-state index in [-0.39, 0.29) is 35.0 Å². The van der Waals surface area contributed by atoms with Crippen molar-refractivity contribution in [1.29, 1.82) is 5.26 Å². The van der Waals surface area contributed by atoms with Crippen molar-refractivity contribution in [2.45, 2.75) is 71.0 Å². The maximum absolute atomic E-state index is 15.9. The summed E-state index contributed by atoms with van der Waals surface area (Å²) in [5.41, 5.74) is -3.82. The molecule has 216 valence electrons. The van der Waals surface area contributed by atoms with Crippen LogP contribution in [-0.4, -0.2) is 59.4 Å². The first-order chi connectivity index (χ1) is 18.3. The summed E-state index contributed by atoms with van der Waals surface area (Å²) in [5.74, 6) is -5.43. The number of fused-ring (bicyclic) bond motifs is 2. The maximum atomic E-state index is 15.9. The normalized spacial score (nSPS) is 27.9. The van der Waals surface area contributed by atoms with Gasteiger partial charge in [0, 0.05) is 24.2 Å². The molecule has 9 nitrogen and oxygen atoms in total. The highest BCUT2D eigenvalue weighted by atomic mass is 19.4. The van der Waals surface area contributed by atoms with E-state index in [1.54, 1.807) is 17.5 Å². The summed E-state index contributed by atoms with van der Waals surface area (Å²) in [6.07, 6.45) is -5.91. The van der Waals surface area contributed by atoms with Crippen molar-refractivity contribution in [2.75, 3.05) is 11.9 Å².